The number of thioether (sulfide) groups is 1. The molecule has 2 aromatic rings. The molecule has 1 unspecified atom stereocenters. The van der Waals surface area contributed by atoms with E-state index in [9.17, 15) is 18.0 Å². The fourth-order valence-electron chi connectivity index (χ4n) is 4.47. The van der Waals surface area contributed by atoms with Crippen LogP contribution in [0, 0.1) is 5.92 Å². The molecule has 2 heterocycles. The Bertz CT molecular complexity index is 986. The Morgan fingerprint density at radius 2 is 1.79 bits per heavy atom. The van der Waals surface area contributed by atoms with Gasteiger partial charge in [0.2, 0.25) is 5.91 Å². The summed E-state index contributed by atoms with van der Waals surface area (Å²) >= 11 is 1.78. The first kappa shape index (κ1) is 23.5. The van der Waals surface area contributed by atoms with Crippen LogP contribution in [0.3, 0.4) is 0 Å². The van der Waals surface area contributed by atoms with E-state index in [1.807, 2.05) is 36.1 Å². The second kappa shape index (κ2) is 10.1. The predicted molar refractivity (Wildman–Crippen MR) is 126 cm³/mol. The Labute approximate surface area is 196 Å². The van der Waals surface area contributed by atoms with E-state index >= 15 is 0 Å². The number of benzene rings is 2. The van der Waals surface area contributed by atoms with Crippen LogP contribution in [-0.4, -0.2) is 35.6 Å². The van der Waals surface area contributed by atoms with E-state index in [2.05, 4.69) is 21.2 Å². The molecule has 2 aliphatic rings. The monoisotopic (exact) mass is 476 g/mol. The van der Waals surface area contributed by atoms with Gasteiger partial charge in [-0.25, -0.2) is 0 Å². The lowest BCUT2D eigenvalue weighted by Crippen LogP contribution is -2.43. The number of halogens is 3. The van der Waals surface area contributed by atoms with Crippen molar-refractivity contribution in [2.75, 3.05) is 18.0 Å². The van der Waals surface area contributed by atoms with Gasteiger partial charge >= 0.3 is 6.36 Å². The van der Waals surface area contributed by atoms with Crippen LogP contribution >= 0.6 is 11.8 Å². The maximum Gasteiger partial charge on any atom is 0.573 e. The lowest BCUT2D eigenvalue weighted by molar-refractivity contribution is -0.274. The minimum atomic E-state index is -4.71. The van der Waals surface area contributed by atoms with Gasteiger partial charge in [0, 0.05) is 37.0 Å². The molecule has 1 saturated heterocycles. The SMILES string of the molecule is CCCC(=O)N1CCC(C2SC=CN2c2ccccc2-c2ccc(OC(F)(F)F)cc2)CC1. The van der Waals surface area contributed by atoms with Crippen molar-refractivity contribution in [1.82, 2.24) is 4.90 Å². The third kappa shape index (κ3) is 5.66. The van der Waals surface area contributed by atoms with Gasteiger partial charge in [0.05, 0.1) is 5.37 Å². The molecule has 0 bridgehead atoms. The van der Waals surface area contributed by atoms with E-state index < -0.39 is 6.36 Å². The normalized spacial score (nSPS) is 19.2. The zero-order valence-electron chi connectivity index (χ0n) is 18.4. The molecule has 0 N–H and O–H groups in total. The minimum Gasteiger partial charge on any atom is -0.406 e. The highest BCUT2D eigenvalue weighted by atomic mass is 32.2. The highest BCUT2D eigenvalue weighted by molar-refractivity contribution is 8.03. The number of likely N-dealkylation sites (tertiary alicyclic amines) is 1. The molecular formula is C25H27F3N2O2S. The fraction of sp³-hybridized carbons (Fsp3) is 0.400. The van der Waals surface area contributed by atoms with Crippen LogP contribution in [0.2, 0.25) is 0 Å². The van der Waals surface area contributed by atoms with Crippen LogP contribution in [0.15, 0.2) is 60.1 Å². The summed E-state index contributed by atoms with van der Waals surface area (Å²) in [7, 11) is 0. The molecule has 0 spiro atoms. The summed E-state index contributed by atoms with van der Waals surface area (Å²) in [5.74, 6) is 0.446. The van der Waals surface area contributed by atoms with Gasteiger partial charge in [0.15, 0.2) is 0 Å². The van der Waals surface area contributed by atoms with Crippen molar-refractivity contribution in [1.29, 1.82) is 0 Å². The van der Waals surface area contributed by atoms with Crippen molar-refractivity contribution in [2.24, 2.45) is 5.92 Å². The lowest BCUT2D eigenvalue weighted by atomic mass is 9.94. The molecule has 4 nitrogen and oxygen atoms in total. The van der Waals surface area contributed by atoms with Crippen LogP contribution in [0.25, 0.3) is 11.1 Å². The van der Waals surface area contributed by atoms with E-state index in [0.717, 1.165) is 49.2 Å². The van der Waals surface area contributed by atoms with Gasteiger partial charge in [0.1, 0.15) is 5.75 Å². The number of amides is 1. The van der Waals surface area contributed by atoms with Crippen LogP contribution in [-0.2, 0) is 4.79 Å². The second-order valence-corrected chi connectivity index (χ2v) is 9.30. The number of piperidine rings is 1. The second-order valence-electron chi connectivity index (χ2n) is 8.28. The van der Waals surface area contributed by atoms with Gasteiger partial charge in [0.25, 0.3) is 0 Å². The zero-order valence-corrected chi connectivity index (χ0v) is 19.2. The van der Waals surface area contributed by atoms with Crippen LogP contribution in [0.5, 0.6) is 5.75 Å². The predicted octanol–water partition coefficient (Wildman–Crippen LogP) is 6.64. The molecule has 2 aromatic carbocycles. The third-order valence-corrected chi connectivity index (χ3v) is 7.22. The van der Waals surface area contributed by atoms with E-state index in [0.29, 0.717) is 12.3 Å². The molecule has 0 aromatic heterocycles. The number of hydrogen-bond acceptors (Lipinski definition) is 4. The Balaban J connectivity index is 1.50. The summed E-state index contributed by atoms with van der Waals surface area (Å²) in [5, 5.41) is 2.32. The number of alkyl halides is 3. The molecule has 0 saturated carbocycles. The number of hydrogen-bond donors (Lipinski definition) is 0. The van der Waals surface area contributed by atoms with Crippen molar-refractivity contribution >= 4 is 23.4 Å². The fourth-order valence-corrected chi connectivity index (χ4v) is 5.64. The van der Waals surface area contributed by atoms with Crippen LogP contribution < -0.4 is 9.64 Å². The molecule has 0 aliphatic carbocycles. The number of para-hydroxylation sites is 1. The Morgan fingerprint density at radius 1 is 1.09 bits per heavy atom. The molecule has 1 fully saturated rings. The molecule has 33 heavy (non-hydrogen) atoms. The van der Waals surface area contributed by atoms with Gasteiger partial charge < -0.3 is 14.5 Å². The van der Waals surface area contributed by atoms with E-state index in [1.165, 1.54) is 12.1 Å². The molecule has 0 radical (unpaired) electrons. The van der Waals surface area contributed by atoms with Crippen LogP contribution in [0.4, 0.5) is 18.9 Å². The molecule has 4 rings (SSSR count). The summed E-state index contributed by atoms with van der Waals surface area (Å²) in [4.78, 5) is 16.5. The van der Waals surface area contributed by atoms with Crippen molar-refractivity contribution in [2.45, 2.75) is 44.3 Å². The van der Waals surface area contributed by atoms with Crippen molar-refractivity contribution in [3.8, 4) is 16.9 Å². The Kier molecular flexibility index (Phi) is 7.22. The number of nitrogens with zero attached hydrogens (tertiary/aromatic N) is 2. The number of carbonyl (C=O) groups excluding carboxylic acids is 1. The lowest BCUT2D eigenvalue weighted by Gasteiger charge is -2.38. The first-order valence-corrected chi connectivity index (χ1v) is 12.1. The highest BCUT2D eigenvalue weighted by Gasteiger charge is 2.34. The van der Waals surface area contributed by atoms with E-state index in [-0.39, 0.29) is 17.0 Å². The van der Waals surface area contributed by atoms with E-state index in [1.54, 1.807) is 23.9 Å². The maximum atomic E-state index is 12.5. The van der Waals surface area contributed by atoms with Gasteiger partial charge in [-0.2, -0.15) is 0 Å². The summed E-state index contributed by atoms with van der Waals surface area (Å²) in [6, 6.07) is 13.9. The minimum absolute atomic E-state index is 0.224. The number of rotatable bonds is 6. The number of carbonyl (C=O) groups is 1. The summed E-state index contributed by atoms with van der Waals surface area (Å²) in [5.41, 5.74) is 2.78. The molecule has 176 valence electrons. The van der Waals surface area contributed by atoms with Gasteiger partial charge in [-0.05, 0) is 54.4 Å². The average molecular weight is 477 g/mol. The number of ether oxygens (including phenoxy) is 1. The summed E-state index contributed by atoms with van der Waals surface area (Å²) in [6.45, 7) is 3.60. The molecule has 2 aliphatic heterocycles. The van der Waals surface area contributed by atoms with Crippen LogP contribution in [0.1, 0.15) is 32.6 Å². The Morgan fingerprint density at radius 3 is 2.45 bits per heavy atom. The maximum absolute atomic E-state index is 12.5. The first-order valence-electron chi connectivity index (χ1n) is 11.2. The molecule has 8 heteroatoms. The number of anilines is 1. The standard InChI is InChI=1S/C25H27F3N2O2S/c1-2-5-23(31)29-14-12-19(13-15-29)24-30(16-17-33-24)22-7-4-3-6-21(22)18-8-10-20(11-9-18)32-25(26,27)28/h3-4,6-11,16-17,19,24H,2,5,12-15H2,1H3. The van der Waals surface area contributed by atoms with Crippen molar-refractivity contribution < 1.29 is 22.7 Å². The van der Waals surface area contributed by atoms with Gasteiger partial charge in [-0.3, -0.25) is 4.79 Å². The molecule has 1 atom stereocenters. The third-order valence-electron chi connectivity index (χ3n) is 6.05. The van der Waals surface area contributed by atoms with Crippen molar-refractivity contribution in [3.63, 3.8) is 0 Å². The average Bonchev–Trinajstić information content (AvgIpc) is 3.29. The summed E-state index contributed by atoms with van der Waals surface area (Å²) in [6.07, 6.45) is 0.754. The van der Waals surface area contributed by atoms with Crippen molar-refractivity contribution in [3.05, 3.63) is 60.1 Å². The summed E-state index contributed by atoms with van der Waals surface area (Å²) < 4.78 is 41.5. The largest absolute Gasteiger partial charge is 0.573 e. The van der Waals surface area contributed by atoms with Gasteiger partial charge in [-0.1, -0.05) is 37.3 Å². The highest BCUT2D eigenvalue weighted by Crippen LogP contribution is 2.42. The Hall–Kier alpha value is -2.61. The topological polar surface area (TPSA) is 32.8 Å². The van der Waals surface area contributed by atoms with Gasteiger partial charge in [-0.15, -0.1) is 24.9 Å². The quantitative estimate of drug-likeness (QED) is 0.468. The smallest absolute Gasteiger partial charge is 0.406 e. The zero-order chi connectivity index (χ0) is 23.4. The first-order chi connectivity index (χ1) is 15.9. The molecule has 1 amide bonds. The molecular weight excluding hydrogens is 449 g/mol. The van der Waals surface area contributed by atoms with E-state index in [4.69, 9.17) is 0 Å².